The molecular formula is C24H26FN3O3. The molecule has 0 aliphatic carbocycles. The van der Waals surface area contributed by atoms with Crippen molar-refractivity contribution >= 4 is 22.9 Å². The number of nitrogens with zero attached hydrogens (tertiary/aromatic N) is 2. The fraction of sp³-hybridized carbons (Fsp3) is 0.333. The molecule has 2 amide bonds. The van der Waals surface area contributed by atoms with Crippen LogP contribution in [0.25, 0.3) is 22.2 Å². The minimum absolute atomic E-state index is 0.0354. The van der Waals surface area contributed by atoms with Crippen molar-refractivity contribution in [1.29, 1.82) is 0 Å². The molecule has 31 heavy (non-hydrogen) atoms. The van der Waals surface area contributed by atoms with Crippen LogP contribution in [0.5, 0.6) is 0 Å². The van der Waals surface area contributed by atoms with E-state index in [1.807, 2.05) is 30.3 Å². The van der Waals surface area contributed by atoms with Crippen molar-refractivity contribution in [3.8, 4) is 11.3 Å². The van der Waals surface area contributed by atoms with Crippen molar-refractivity contribution in [3.05, 3.63) is 59.9 Å². The van der Waals surface area contributed by atoms with Crippen molar-refractivity contribution in [1.82, 2.24) is 14.8 Å². The highest BCUT2D eigenvalue weighted by Gasteiger charge is 2.25. The van der Waals surface area contributed by atoms with Crippen LogP contribution in [0, 0.1) is 5.82 Å². The monoisotopic (exact) mass is 423 g/mol. The molecule has 1 aromatic heterocycles. The lowest BCUT2D eigenvalue weighted by Crippen LogP contribution is -2.50. The third-order valence-electron chi connectivity index (χ3n) is 5.68. The predicted molar refractivity (Wildman–Crippen MR) is 117 cm³/mol. The van der Waals surface area contributed by atoms with Gasteiger partial charge in [0.25, 0.3) is 0 Å². The fourth-order valence-electron chi connectivity index (χ4n) is 4.07. The average molecular weight is 423 g/mol. The number of hydrogen-bond acceptors (Lipinski definition) is 3. The van der Waals surface area contributed by atoms with E-state index >= 15 is 0 Å². The smallest absolute Gasteiger partial charge is 0.409 e. The number of carbonyl (C=O) groups excluding carboxylic acids is 2. The number of aryl methyl sites for hydroxylation is 1. The Morgan fingerprint density at radius 1 is 1.03 bits per heavy atom. The molecule has 0 radical (unpaired) electrons. The first-order valence-corrected chi connectivity index (χ1v) is 10.6. The number of ether oxygens (including phenoxy) is 1. The first-order chi connectivity index (χ1) is 15.1. The molecule has 0 atom stereocenters. The van der Waals surface area contributed by atoms with E-state index in [0.717, 1.165) is 27.7 Å². The minimum Gasteiger partial charge on any atom is -0.450 e. The lowest BCUT2D eigenvalue weighted by Gasteiger charge is -2.34. The molecule has 0 unspecified atom stereocenters. The van der Waals surface area contributed by atoms with Gasteiger partial charge in [0.1, 0.15) is 5.82 Å². The molecule has 2 heterocycles. The molecule has 2 aromatic carbocycles. The zero-order chi connectivity index (χ0) is 21.8. The molecule has 162 valence electrons. The van der Waals surface area contributed by atoms with Crippen molar-refractivity contribution in [3.63, 3.8) is 0 Å². The van der Waals surface area contributed by atoms with Gasteiger partial charge in [-0.2, -0.15) is 0 Å². The largest absolute Gasteiger partial charge is 0.450 e. The Morgan fingerprint density at radius 2 is 1.74 bits per heavy atom. The van der Waals surface area contributed by atoms with Crippen LogP contribution in [0.3, 0.4) is 0 Å². The quantitative estimate of drug-likeness (QED) is 0.669. The molecule has 1 aliphatic heterocycles. The van der Waals surface area contributed by atoms with Gasteiger partial charge in [-0.25, -0.2) is 9.18 Å². The van der Waals surface area contributed by atoms with Gasteiger partial charge < -0.3 is 19.5 Å². The number of benzene rings is 2. The van der Waals surface area contributed by atoms with Crippen molar-refractivity contribution in [2.24, 2.45) is 0 Å². The summed E-state index contributed by atoms with van der Waals surface area (Å²) in [7, 11) is 0. The van der Waals surface area contributed by atoms with Crippen LogP contribution in [-0.2, 0) is 16.0 Å². The summed E-state index contributed by atoms with van der Waals surface area (Å²) >= 11 is 0. The number of nitrogens with one attached hydrogen (secondary N) is 1. The van der Waals surface area contributed by atoms with Gasteiger partial charge >= 0.3 is 6.09 Å². The maximum atomic E-state index is 13.9. The maximum absolute atomic E-state index is 13.9. The Hall–Kier alpha value is -3.35. The molecule has 0 bridgehead atoms. The summed E-state index contributed by atoms with van der Waals surface area (Å²) in [5, 5.41) is 0.804. The summed E-state index contributed by atoms with van der Waals surface area (Å²) in [6, 6.07) is 14.6. The van der Waals surface area contributed by atoms with Crippen LogP contribution >= 0.6 is 0 Å². The van der Waals surface area contributed by atoms with E-state index < -0.39 is 0 Å². The highest BCUT2D eigenvalue weighted by Crippen LogP contribution is 2.32. The Bertz CT molecular complexity index is 1070. The predicted octanol–water partition coefficient (Wildman–Crippen LogP) is 4.21. The van der Waals surface area contributed by atoms with Crippen LogP contribution in [0.1, 0.15) is 18.9 Å². The number of rotatable bonds is 5. The molecule has 0 spiro atoms. The Morgan fingerprint density at radius 3 is 2.45 bits per heavy atom. The summed E-state index contributed by atoms with van der Waals surface area (Å²) in [5.74, 6) is -0.262. The number of fused-ring (bicyclic) bond motifs is 1. The van der Waals surface area contributed by atoms with E-state index in [4.69, 9.17) is 4.74 Å². The maximum Gasteiger partial charge on any atom is 0.409 e. The molecule has 6 nitrogen and oxygen atoms in total. The van der Waals surface area contributed by atoms with Crippen molar-refractivity contribution in [2.75, 3.05) is 32.8 Å². The first kappa shape index (κ1) is 20.9. The van der Waals surface area contributed by atoms with E-state index in [1.165, 1.54) is 12.1 Å². The Kier molecular flexibility index (Phi) is 6.21. The summed E-state index contributed by atoms with van der Waals surface area (Å²) in [4.78, 5) is 31.5. The van der Waals surface area contributed by atoms with Gasteiger partial charge in [-0.05, 0) is 42.7 Å². The summed E-state index contributed by atoms with van der Waals surface area (Å²) in [5.41, 5.74) is 3.72. The lowest BCUT2D eigenvalue weighted by molar-refractivity contribution is -0.132. The van der Waals surface area contributed by atoms with E-state index in [0.29, 0.717) is 45.6 Å². The van der Waals surface area contributed by atoms with Crippen LogP contribution < -0.4 is 0 Å². The van der Waals surface area contributed by atoms with Gasteiger partial charge in [0.2, 0.25) is 5.91 Å². The van der Waals surface area contributed by atoms with Gasteiger partial charge in [-0.1, -0.05) is 30.3 Å². The number of hydrogen-bond donors (Lipinski definition) is 1. The zero-order valence-corrected chi connectivity index (χ0v) is 17.6. The second kappa shape index (κ2) is 9.20. The number of amides is 2. The molecular weight excluding hydrogens is 397 g/mol. The molecule has 1 aliphatic rings. The molecule has 3 aromatic rings. The normalized spacial score (nSPS) is 14.1. The Balaban J connectivity index is 1.48. The zero-order valence-electron chi connectivity index (χ0n) is 17.6. The highest BCUT2D eigenvalue weighted by molar-refractivity contribution is 5.91. The highest BCUT2D eigenvalue weighted by atomic mass is 19.1. The average Bonchev–Trinajstić information content (AvgIpc) is 3.16. The molecule has 1 N–H and O–H groups in total. The molecule has 4 rings (SSSR count). The number of halogens is 1. The molecule has 0 saturated carbocycles. The fourth-order valence-corrected chi connectivity index (χ4v) is 4.07. The number of aromatic amines is 1. The number of carbonyl (C=O) groups is 2. The standard InChI is InChI=1S/C24H26FN3O3/c1-2-31-24(30)28-14-12-27(13-15-28)22(29)11-9-19-20-16-18(25)8-10-21(20)26-23(19)17-6-4-3-5-7-17/h3-8,10,16,26H,2,9,11-15H2,1H3. The molecule has 7 heteroatoms. The van der Waals surface area contributed by atoms with Crippen molar-refractivity contribution < 1.29 is 18.7 Å². The van der Waals surface area contributed by atoms with E-state index in [-0.39, 0.29) is 17.8 Å². The number of aromatic nitrogens is 1. The van der Waals surface area contributed by atoms with Crippen molar-refractivity contribution in [2.45, 2.75) is 19.8 Å². The summed E-state index contributed by atoms with van der Waals surface area (Å²) in [6.07, 6.45) is 0.496. The van der Waals surface area contributed by atoms with Crippen LogP contribution in [-0.4, -0.2) is 59.6 Å². The third-order valence-corrected chi connectivity index (χ3v) is 5.68. The molecule has 1 fully saturated rings. The minimum atomic E-state index is -0.331. The number of H-pyrrole nitrogens is 1. The first-order valence-electron chi connectivity index (χ1n) is 10.6. The van der Waals surface area contributed by atoms with Gasteiger partial charge in [-0.15, -0.1) is 0 Å². The van der Waals surface area contributed by atoms with E-state index in [2.05, 4.69) is 4.98 Å². The van der Waals surface area contributed by atoms with Crippen LogP contribution in [0.4, 0.5) is 9.18 Å². The third kappa shape index (κ3) is 4.55. The van der Waals surface area contributed by atoms with Gasteiger partial charge in [0, 0.05) is 49.2 Å². The Labute approximate surface area is 180 Å². The SMILES string of the molecule is CCOC(=O)N1CCN(C(=O)CCc2c(-c3ccccc3)[nH]c3ccc(F)cc23)CC1. The summed E-state index contributed by atoms with van der Waals surface area (Å²) < 4.78 is 19.0. The van der Waals surface area contributed by atoms with Gasteiger partial charge in [0.15, 0.2) is 0 Å². The summed E-state index contributed by atoms with van der Waals surface area (Å²) in [6.45, 7) is 4.04. The second-order valence-corrected chi connectivity index (χ2v) is 7.60. The van der Waals surface area contributed by atoms with Gasteiger partial charge in [-0.3, -0.25) is 4.79 Å². The molecule has 1 saturated heterocycles. The van der Waals surface area contributed by atoms with E-state index in [9.17, 15) is 14.0 Å². The van der Waals surface area contributed by atoms with Crippen LogP contribution in [0.15, 0.2) is 48.5 Å². The van der Waals surface area contributed by atoms with E-state index in [1.54, 1.807) is 22.8 Å². The second-order valence-electron chi connectivity index (χ2n) is 7.60. The lowest BCUT2D eigenvalue weighted by atomic mass is 10.0. The van der Waals surface area contributed by atoms with Gasteiger partial charge in [0.05, 0.1) is 6.61 Å². The topological polar surface area (TPSA) is 65.6 Å². The van der Waals surface area contributed by atoms with Crippen LogP contribution in [0.2, 0.25) is 0 Å². The number of piperazine rings is 1.